The Kier molecular flexibility index (Phi) is 4.99. The van der Waals surface area contributed by atoms with Gasteiger partial charge in [-0.2, -0.15) is 0 Å². The number of hydrogen-bond acceptors (Lipinski definition) is 5. The summed E-state index contributed by atoms with van der Waals surface area (Å²) in [5.41, 5.74) is 1.02. The average Bonchev–Trinajstić information content (AvgIpc) is 3.00. The molecule has 7 nitrogen and oxygen atoms in total. The number of piperazine rings is 1. The summed E-state index contributed by atoms with van der Waals surface area (Å²) in [6, 6.07) is 5.66. The van der Waals surface area contributed by atoms with Gasteiger partial charge in [-0.05, 0) is 12.1 Å². The van der Waals surface area contributed by atoms with Crippen LogP contribution in [0.1, 0.15) is 0 Å². The quantitative estimate of drug-likeness (QED) is 0.820. The highest BCUT2D eigenvalue weighted by Gasteiger charge is 2.28. The van der Waals surface area contributed by atoms with Crippen molar-refractivity contribution >= 4 is 29.3 Å². The molecule has 0 atom stereocenters. The van der Waals surface area contributed by atoms with Crippen LogP contribution in [-0.2, 0) is 9.53 Å². The lowest BCUT2D eigenvalue weighted by Crippen LogP contribution is -2.51. The molecule has 1 aromatic rings. The van der Waals surface area contributed by atoms with Crippen LogP contribution < -0.4 is 9.64 Å². The third kappa shape index (κ3) is 3.51. The van der Waals surface area contributed by atoms with Gasteiger partial charge in [0.15, 0.2) is 0 Å². The van der Waals surface area contributed by atoms with Gasteiger partial charge in [0.25, 0.3) is 0 Å². The first kappa shape index (κ1) is 16.7. The zero-order valence-electron chi connectivity index (χ0n) is 13.5. The number of benzene rings is 1. The first-order valence-corrected chi connectivity index (χ1v) is 8.24. The van der Waals surface area contributed by atoms with E-state index in [1.165, 1.54) is 4.90 Å². The minimum absolute atomic E-state index is 0.0396. The molecule has 8 heteroatoms. The Hall–Kier alpha value is -2.15. The molecule has 0 aliphatic carbocycles. The van der Waals surface area contributed by atoms with Crippen LogP contribution in [-0.4, -0.2) is 74.8 Å². The molecule has 0 unspecified atom stereocenters. The molecule has 2 fully saturated rings. The minimum Gasteiger partial charge on any atom is -0.495 e. The summed E-state index contributed by atoms with van der Waals surface area (Å²) in [7, 11) is 1.59. The Balaban J connectivity index is 1.55. The number of anilines is 1. The van der Waals surface area contributed by atoms with Crippen LogP contribution in [0.25, 0.3) is 0 Å². The fourth-order valence-corrected chi connectivity index (χ4v) is 3.09. The fourth-order valence-electron chi connectivity index (χ4n) is 2.89. The van der Waals surface area contributed by atoms with Crippen LogP contribution in [0.4, 0.5) is 10.5 Å². The maximum Gasteiger partial charge on any atom is 0.410 e. The van der Waals surface area contributed by atoms with Crippen molar-refractivity contribution in [3.05, 3.63) is 23.2 Å². The number of hydrogen-bond donors (Lipinski definition) is 0. The van der Waals surface area contributed by atoms with E-state index in [2.05, 4.69) is 4.90 Å². The van der Waals surface area contributed by atoms with Gasteiger partial charge in [-0.1, -0.05) is 11.6 Å². The third-order valence-corrected chi connectivity index (χ3v) is 4.62. The second-order valence-electron chi connectivity index (χ2n) is 5.72. The summed E-state index contributed by atoms with van der Waals surface area (Å²) in [6.07, 6.45) is -0.407. The summed E-state index contributed by atoms with van der Waals surface area (Å²) in [4.78, 5) is 29.1. The van der Waals surface area contributed by atoms with E-state index in [1.807, 2.05) is 18.2 Å². The summed E-state index contributed by atoms with van der Waals surface area (Å²) in [5.74, 6) is 0.599. The topological polar surface area (TPSA) is 62.3 Å². The van der Waals surface area contributed by atoms with Crippen LogP contribution in [0.2, 0.25) is 5.02 Å². The summed E-state index contributed by atoms with van der Waals surface area (Å²) in [6.45, 7) is 3.61. The maximum absolute atomic E-state index is 12.3. The molecule has 2 heterocycles. The Labute approximate surface area is 145 Å². The van der Waals surface area contributed by atoms with E-state index < -0.39 is 6.09 Å². The van der Waals surface area contributed by atoms with Gasteiger partial charge in [0.2, 0.25) is 5.91 Å². The third-order valence-electron chi connectivity index (χ3n) is 4.30. The number of nitrogens with zero attached hydrogens (tertiary/aromatic N) is 3. The van der Waals surface area contributed by atoms with Crippen molar-refractivity contribution in [3.8, 4) is 5.75 Å². The molecule has 0 bridgehead atoms. The van der Waals surface area contributed by atoms with E-state index >= 15 is 0 Å². The van der Waals surface area contributed by atoms with Gasteiger partial charge in [-0.3, -0.25) is 9.69 Å². The van der Waals surface area contributed by atoms with Crippen molar-refractivity contribution < 1.29 is 19.1 Å². The first-order valence-electron chi connectivity index (χ1n) is 7.86. The van der Waals surface area contributed by atoms with Gasteiger partial charge in [0.1, 0.15) is 18.9 Å². The first-order chi connectivity index (χ1) is 11.6. The number of halogens is 1. The normalized spacial score (nSPS) is 17.9. The van der Waals surface area contributed by atoms with Crippen molar-refractivity contribution in [1.29, 1.82) is 0 Å². The Bertz CT molecular complexity index is 632. The highest BCUT2D eigenvalue weighted by Crippen LogP contribution is 2.29. The molecule has 2 saturated heterocycles. The molecule has 2 aliphatic rings. The number of carbonyl (C=O) groups is 2. The molecule has 0 saturated carbocycles. The zero-order chi connectivity index (χ0) is 17.1. The monoisotopic (exact) mass is 353 g/mol. The lowest BCUT2D eigenvalue weighted by Gasteiger charge is -2.36. The van der Waals surface area contributed by atoms with E-state index in [-0.39, 0.29) is 12.5 Å². The number of amides is 2. The van der Waals surface area contributed by atoms with Crippen LogP contribution in [0, 0.1) is 0 Å². The van der Waals surface area contributed by atoms with Crippen molar-refractivity contribution in [2.75, 3.05) is 57.9 Å². The number of carbonyl (C=O) groups excluding carboxylic acids is 2. The van der Waals surface area contributed by atoms with Gasteiger partial charge < -0.3 is 19.3 Å². The van der Waals surface area contributed by atoms with Gasteiger partial charge >= 0.3 is 6.09 Å². The molecular formula is C16H20ClN3O4. The SMILES string of the molecule is COc1cc(N2CCN(C(=O)CN3CCOC3=O)CC2)ccc1Cl. The Morgan fingerprint density at radius 1 is 1.25 bits per heavy atom. The fraction of sp³-hybridized carbons (Fsp3) is 0.500. The van der Waals surface area contributed by atoms with Crippen molar-refractivity contribution in [1.82, 2.24) is 9.80 Å². The second-order valence-corrected chi connectivity index (χ2v) is 6.13. The standard InChI is InChI=1S/C16H20ClN3O4/c1-23-14-10-12(2-3-13(14)17)18-4-6-19(7-5-18)15(21)11-20-8-9-24-16(20)22/h2-3,10H,4-9,11H2,1H3. The van der Waals surface area contributed by atoms with E-state index in [0.29, 0.717) is 37.0 Å². The van der Waals surface area contributed by atoms with Crippen LogP contribution in [0.3, 0.4) is 0 Å². The predicted molar refractivity (Wildman–Crippen MR) is 89.7 cm³/mol. The number of rotatable bonds is 4. The molecule has 130 valence electrons. The highest BCUT2D eigenvalue weighted by atomic mass is 35.5. The summed E-state index contributed by atoms with van der Waals surface area (Å²) in [5, 5.41) is 0.576. The van der Waals surface area contributed by atoms with Gasteiger partial charge in [-0.25, -0.2) is 4.79 Å². The highest BCUT2D eigenvalue weighted by molar-refractivity contribution is 6.32. The predicted octanol–water partition coefficient (Wildman–Crippen LogP) is 1.45. The van der Waals surface area contributed by atoms with Crippen molar-refractivity contribution in [2.24, 2.45) is 0 Å². The number of cyclic esters (lactones) is 1. The number of methoxy groups -OCH3 is 1. The van der Waals surface area contributed by atoms with Gasteiger partial charge in [-0.15, -0.1) is 0 Å². The molecule has 0 N–H and O–H groups in total. The maximum atomic E-state index is 12.3. The minimum atomic E-state index is -0.407. The molecule has 0 spiro atoms. The van der Waals surface area contributed by atoms with Crippen LogP contribution in [0.5, 0.6) is 5.75 Å². The molecule has 2 aliphatic heterocycles. The molecule has 3 rings (SSSR count). The smallest absolute Gasteiger partial charge is 0.410 e. The Morgan fingerprint density at radius 2 is 2.00 bits per heavy atom. The van der Waals surface area contributed by atoms with E-state index in [4.69, 9.17) is 21.1 Å². The van der Waals surface area contributed by atoms with Crippen LogP contribution >= 0.6 is 11.6 Å². The lowest BCUT2D eigenvalue weighted by molar-refractivity contribution is -0.132. The molecule has 2 amide bonds. The van der Waals surface area contributed by atoms with Gasteiger partial charge in [0.05, 0.1) is 18.7 Å². The number of ether oxygens (including phenoxy) is 2. The van der Waals surface area contributed by atoms with E-state index in [0.717, 1.165) is 18.8 Å². The average molecular weight is 354 g/mol. The van der Waals surface area contributed by atoms with Crippen molar-refractivity contribution in [2.45, 2.75) is 0 Å². The molecule has 0 aromatic heterocycles. The molecular weight excluding hydrogens is 334 g/mol. The van der Waals surface area contributed by atoms with Gasteiger partial charge in [0, 0.05) is 37.9 Å². The van der Waals surface area contributed by atoms with Crippen molar-refractivity contribution in [3.63, 3.8) is 0 Å². The summed E-state index contributed by atoms with van der Waals surface area (Å²) < 4.78 is 10.1. The van der Waals surface area contributed by atoms with E-state index in [1.54, 1.807) is 12.0 Å². The lowest BCUT2D eigenvalue weighted by atomic mass is 10.2. The van der Waals surface area contributed by atoms with E-state index in [9.17, 15) is 9.59 Å². The van der Waals surface area contributed by atoms with Crippen LogP contribution in [0.15, 0.2) is 18.2 Å². The summed E-state index contributed by atoms with van der Waals surface area (Å²) >= 11 is 6.05. The molecule has 24 heavy (non-hydrogen) atoms. The Morgan fingerprint density at radius 3 is 2.62 bits per heavy atom. The second kappa shape index (κ2) is 7.17. The zero-order valence-corrected chi connectivity index (χ0v) is 14.3. The largest absolute Gasteiger partial charge is 0.495 e. The molecule has 1 aromatic carbocycles. The molecule has 0 radical (unpaired) electrons.